The fourth-order valence-corrected chi connectivity index (χ4v) is 16.7. The first-order valence-electron chi connectivity index (χ1n) is 40.5. The zero-order valence-electron chi connectivity index (χ0n) is 69.4. The maximum absolute atomic E-state index is 13.3. The highest BCUT2D eigenvalue weighted by Gasteiger charge is 2.72. The number of aliphatic hydroxyl groups excluding tert-OH is 1. The molecule has 1 fully saturated rings. The van der Waals surface area contributed by atoms with E-state index in [9.17, 15) is 123 Å². The molecule has 4 atom stereocenters. The van der Waals surface area contributed by atoms with Gasteiger partial charge in [0, 0.05) is 98.9 Å². The van der Waals surface area contributed by atoms with E-state index in [-0.39, 0.29) is 52.6 Å². The molecule has 8 heterocycles. The summed E-state index contributed by atoms with van der Waals surface area (Å²) in [5.74, 6) is -5.45. The van der Waals surface area contributed by atoms with Crippen molar-refractivity contribution in [2.45, 2.75) is 151 Å². The number of aliphatic hydroxyl groups is 3. The first-order chi connectivity index (χ1) is 63.4. The quantitative estimate of drug-likeness (QED) is 0.0163. The van der Waals surface area contributed by atoms with Crippen molar-refractivity contribution in [1.82, 2.24) is 24.6 Å². The van der Waals surface area contributed by atoms with Gasteiger partial charge in [0.1, 0.15) is 5.69 Å². The molecule has 0 spiro atoms. The molecule has 1 saturated carbocycles. The van der Waals surface area contributed by atoms with E-state index >= 15 is 0 Å². The molecule has 3 unspecified atom stereocenters. The number of nitrogens with two attached hydrogens (primary N) is 1. The molecule has 134 heavy (non-hydrogen) atoms. The molecule has 4 aliphatic heterocycles. The van der Waals surface area contributed by atoms with E-state index in [4.69, 9.17) is 15.8 Å². The molecule has 1 aliphatic carbocycles. The summed E-state index contributed by atoms with van der Waals surface area (Å²) in [5, 5.41) is 64.2. The van der Waals surface area contributed by atoms with Crippen LogP contribution >= 0.6 is 11.3 Å². The predicted octanol–water partition coefficient (Wildman–Crippen LogP) is 19.2. The zero-order valence-corrected chi connectivity index (χ0v) is 70.2. The molecule has 21 nitrogen and oxygen atoms in total. The number of aromatic nitrogens is 6. The minimum absolute atomic E-state index is 0.0508. The number of anilines is 2. The Bertz CT molecular complexity index is 6250. The number of nitrogens with zero attached hydrogens (tertiary/aromatic N) is 8. The number of nitrogens with one attached hydrogen (secondary N) is 1. The van der Waals surface area contributed by atoms with E-state index in [0.717, 1.165) is 144 Å². The van der Waals surface area contributed by atoms with Crippen LogP contribution in [0.15, 0.2) is 253 Å². The van der Waals surface area contributed by atoms with Gasteiger partial charge >= 0.3 is 51.2 Å². The minimum Gasteiger partial charge on any atom is -0.619 e. The summed E-state index contributed by atoms with van der Waals surface area (Å²) in [6.45, 7) is -10.8. The van der Waals surface area contributed by atoms with Crippen molar-refractivity contribution in [2.24, 2.45) is 4.99 Å². The smallest absolute Gasteiger partial charge is 0.430 e. The molecular weight excluding hydrogens is 1830 g/mol. The topological polar surface area (TPSA) is 275 Å². The van der Waals surface area contributed by atoms with Crippen LogP contribution in [0.3, 0.4) is 0 Å². The number of aryl methyl sites for hydroxylation is 1. The summed E-state index contributed by atoms with van der Waals surface area (Å²) in [6.07, 6.45) is -11.6. The molecule has 0 saturated heterocycles. The average Bonchev–Trinajstić information content (AvgIpc) is 1.17. The number of aliphatic imine (C=N–C) groups is 1. The van der Waals surface area contributed by atoms with Gasteiger partial charge in [-0.15, -0.1) is 11.3 Å². The number of halogens is 20. The number of carbonyl (C=O) groups is 1. The summed E-state index contributed by atoms with van der Waals surface area (Å²) in [6, 6.07) is 44.8. The molecule has 0 bridgehead atoms. The van der Waals surface area contributed by atoms with Crippen molar-refractivity contribution in [2.75, 3.05) is 17.2 Å². The van der Waals surface area contributed by atoms with Crippen molar-refractivity contribution in [3.05, 3.63) is 341 Å². The van der Waals surface area contributed by atoms with E-state index in [1.807, 2.05) is 65.7 Å². The monoisotopic (exact) mass is 1910 g/mol. The van der Waals surface area contributed by atoms with E-state index < -0.39 is 121 Å². The van der Waals surface area contributed by atoms with E-state index in [0.29, 0.717) is 73.9 Å². The number of alkyl halides is 20. The van der Waals surface area contributed by atoms with Gasteiger partial charge in [-0.2, -0.15) is 102 Å². The van der Waals surface area contributed by atoms with Crippen LogP contribution in [0, 0.1) is 17.3 Å². The van der Waals surface area contributed by atoms with Gasteiger partial charge in [0.25, 0.3) is 22.7 Å². The Kier molecular flexibility index (Phi) is 29.6. The molecule has 4 aromatic heterocycles. The number of fused-ring (bicyclic) bond motifs is 3. The standard InChI is InChI=1S/C25H19F10NO4.C24H17F10NO4.C23H21N5O2.C20H19N3OS/c1-13-12-36(38)9-8-15(13)10-18(16-4-7-19(39-21(26)27)20(11-16)40-22(28)29)14-2-5-17(6-3-14)23(37,24(30,31)32)25(33,34)35;25-20(26)38-18-6-3-15(12-19(18)39-21(27)28)17(11-13-7-9-35(37)10-8-13)14-1-4-16(5-2-14)22(36,23(29,30)31)24(32,33)34;24-17-11-15-8-10-28-20(15)18(12-17)19(14-5-2-1-3-6-14)26-21(23(28)30)27-22(29)16-7-4-9-25-13-16;24-20-17-13-22(12-15-8-5-11-25-15)18-10-4-3-9-16(18)19(17)21-23(20)14-6-1-2-7-14/h2-9,11-12,18,21-22,37H,10H2,1H3;1-10,12,17,20-21,36H,11H2;1-7,9,11-13,21,23,30H,8,10,24H2,(H,27,29);3-5,8-11,13-14H,1-2,6-7,12H2/t;;21-,23?;/m..0./s1. The lowest BCUT2D eigenvalue weighted by Gasteiger charge is -2.33. The number of pyridine rings is 4. The maximum Gasteiger partial charge on any atom is 0.430 e. The third-order valence-electron chi connectivity index (χ3n) is 22.4. The third-order valence-corrected chi connectivity index (χ3v) is 23.3. The third kappa shape index (κ3) is 21.8. The molecule has 7 aromatic carbocycles. The number of nitrogen functional groups attached to an aromatic ring is 1. The van der Waals surface area contributed by atoms with E-state index in [1.165, 1.54) is 54.4 Å². The van der Waals surface area contributed by atoms with Crippen LogP contribution in [0.5, 0.6) is 23.0 Å². The van der Waals surface area contributed by atoms with E-state index in [2.05, 4.69) is 63.5 Å². The van der Waals surface area contributed by atoms with Gasteiger partial charge in [0.05, 0.1) is 40.6 Å². The highest BCUT2D eigenvalue weighted by atomic mass is 32.1. The SMILES string of the molecule is Cc1c[n+]([O-])ccc1CC(c1ccc(C(O)(C(F)(F)F)C(F)(F)F)cc1)c1ccc(OC(F)F)c(OC(F)F)c1.Nc1cc2c3c(c1)C(c1ccccc1)=N[C@@H](NC(=O)c1cccnc1)C(O)N3CC2.O=c1c2cn(Cc3cccs3)c3ccccc3c-2nn1C1CCCC1.[O-][n+]1ccc(CC(c2ccc(C(O)(C(F)(F)F)C(F)(F)F)cc2)c2ccc(OC(F)F)c(OC(F)F)c2)cc1. The Balaban J connectivity index is 0.000000153. The largest absolute Gasteiger partial charge is 0.619 e. The number of ether oxygens (including phenoxy) is 4. The van der Waals surface area contributed by atoms with Crippen molar-refractivity contribution < 1.29 is 136 Å². The summed E-state index contributed by atoms with van der Waals surface area (Å²) in [7, 11) is 0. The number of rotatable bonds is 24. The molecule has 706 valence electrons. The lowest BCUT2D eigenvalue weighted by molar-refractivity contribution is -0.605. The molecule has 6 N–H and O–H groups in total. The second kappa shape index (κ2) is 40.5. The number of hydrogen-bond acceptors (Lipinski definition) is 17. The van der Waals surface area contributed by atoms with Gasteiger partial charge in [0.2, 0.25) is 0 Å². The fraction of sp³-hybridized carbons (Fsp3) is 0.272. The van der Waals surface area contributed by atoms with Crippen molar-refractivity contribution in [3.63, 3.8) is 0 Å². The van der Waals surface area contributed by atoms with Gasteiger partial charge in [0.15, 0.2) is 60.2 Å². The molecule has 42 heteroatoms. The van der Waals surface area contributed by atoms with Crippen LogP contribution in [-0.4, -0.2) is 116 Å². The summed E-state index contributed by atoms with van der Waals surface area (Å²) >= 11 is 1.74. The Hall–Kier alpha value is -13.6. The minimum atomic E-state index is -6.12. The first-order valence-corrected chi connectivity index (χ1v) is 41.4. The Morgan fingerprint density at radius 2 is 1.12 bits per heavy atom. The number of hydrogen-bond donors (Lipinski definition) is 5. The highest BCUT2D eigenvalue weighted by molar-refractivity contribution is 7.09. The summed E-state index contributed by atoms with van der Waals surface area (Å²) in [4.78, 5) is 37.8. The van der Waals surface area contributed by atoms with Crippen molar-refractivity contribution in [1.29, 1.82) is 0 Å². The highest BCUT2D eigenvalue weighted by Crippen LogP contribution is 2.53. The molecule has 5 aliphatic rings. The van der Waals surface area contributed by atoms with Crippen LogP contribution in [-0.2, 0) is 37.0 Å². The van der Waals surface area contributed by atoms with Crippen molar-refractivity contribution >= 4 is 45.2 Å². The van der Waals surface area contributed by atoms with Gasteiger partial charge in [-0.05, 0) is 144 Å². The van der Waals surface area contributed by atoms with Crippen LogP contribution in [0.1, 0.15) is 126 Å². The van der Waals surface area contributed by atoms with Crippen LogP contribution < -0.4 is 49.9 Å². The number of amides is 1. The predicted molar refractivity (Wildman–Crippen MR) is 448 cm³/mol. The molecule has 0 radical (unpaired) electrons. The van der Waals surface area contributed by atoms with Gasteiger partial charge in [-0.1, -0.05) is 128 Å². The fourth-order valence-electron chi connectivity index (χ4n) is 16.0. The number of para-hydroxylation sites is 1. The summed E-state index contributed by atoms with van der Waals surface area (Å²) < 4.78 is 284. The molecule has 11 aromatic rings. The molecular formula is C92H76F20N10O11S. The van der Waals surface area contributed by atoms with Crippen LogP contribution in [0.25, 0.3) is 22.2 Å². The van der Waals surface area contributed by atoms with Crippen LogP contribution in [0.2, 0.25) is 0 Å². The van der Waals surface area contributed by atoms with Gasteiger partial charge < -0.3 is 65.2 Å². The van der Waals surface area contributed by atoms with E-state index in [1.54, 1.807) is 41.3 Å². The van der Waals surface area contributed by atoms with Crippen molar-refractivity contribution in [3.8, 4) is 34.3 Å². The number of benzene rings is 7. The number of carbonyl (C=O) groups excluding carboxylic acids is 1. The maximum atomic E-state index is 13.3. The lowest BCUT2D eigenvalue weighted by Crippen LogP contribution is -2.53. The summed E-state index contributed by atoms with van der Waals surface area (Å²) in [5.41, 5.74) is 2.65. The second-order valence-electron chi connectivity index (χ2n) is 30.9. The zero-order chi connectivity index (χ0) is 96.7. The molecule has 16 rings (SSSR count). The van der Waals surface area contributed by atoms with Crippen LogP contribution in [0.4, 0.5) is 99.2 Å². The van der Waals surface area contributed by atoms with Gasteiger partial charge in [-0.25, -0.2) is 4.68 Å². The Morgan fingerprint density at radius 3 is 1.63 bits per heavy atom. The van der Waals surface area contributed by atoms with Gasteiger partial charge in [-0.3, -0.25) is 19.6 Å². The average molecular weight is 1910 g/mol. The normalized spacial score (nSPS) is 15.3. The first kappa shape index (κ1) is 97.9. The second-order valence-corrected chi connectivity index (χ2v) is 31.9. The Morgan fingerprint density at radius 1 is 0.597 bits per heavy atom. The Labute approximate surface area is 751 Å². The number of thiophene rings is 1. The molecule has 1 amide bonds. The lowest BCUT2D eigenvalue weighted by atomic mass is 9.83.